The first-order valence-electron chi connectivity index (χ1n) is 8.73. The molecule has 0 aliphatic rings. The summed E-state index contributed by atoms with van der Waals surface area (Å²) in [6, 6.07) is 11.9. The highest BCUT2D eigenvalue weighted by atomic mass is 79.9. The molecule has 9 heteroatoms. The van der Waals surface area contributed by atoms with Crippen LogP contribution in [0.4, 0.5) is 0 Å². The Morgan fingerprint density at radius 3 is 2.10 bits per heavy atom. The van der Waals surface area contributed by atoms with Gasteiger partial charge in [-0.25, -0.2) is 8.42 Å². The highest BCUT2D eigenvalue weighted by Gasteiger charge is 2.25. The average Bonchev–Trinajstić information content (AvgIpc) is 2.57. The van der Waals surface area contributed by atoms with Crippen LogP contribution in [0.5, 0.6) is 5.75 Å². The lowest BCUT2D eigenvalue weighted by Gasteiger charge is -2.22. The van der Waals surface area contributed by atoms with Crippen LogP contribution in [0.25, 0.3) is 0 Å². The number of esters is 1. The van der Waals surface area contributed by atoms with E-state index in [4.69, 9.17) is 9.47 Å². The van der Waals surface area contributed by atoms with Gasteiger partial charge in [-0.1, -0.05) is 31.9 Å². The zero-order valence-corrected chi connectivity index (χ0v) is 20.6. The fourth-order valence-corrected chi connectivity index (χ4v) is 4.89. The maximum Gasteiger partial charge on any atom is 0.321 e. The molecule has 29 heavy (non-hydrogen) atoms. The second kappa shape index (κ2) is 9.59. The number of benzene rings is 2. The third-order valence-electron chi connectivity index (χ3n) is 3.63. The molecule has 0 aliphatic heterocycles. The van der Waals surface area contributed by atoms with Gasteiger partial charge in [-0.15, -0.1) is 0 Å². The molecule has 0 heterocycles. The van der Waals surface area contributed by atoms with Crippen molar-refractivity contribution >= 4 is 47.9 Å². The fraction of sp³-hybridized carbons (Fsp3) is 0.350. The number of hydrogen-bond acceptors (Lipinski definition) is 5. The van der Waals surface area contributed by atoms with E-state index in [2.05, 4.69) is 31.9 Å². The number of nitrogens with zero attached hydrogens (tertiary/aromatic N) is 1. The van der Waals surface area contributed by atoms with Crippen LogP contribution in [0.3, 0.4) is 0 Å². The molecule has 0 saturated carbocycles. The zero-order chi connectivity index (χ0) is 21.8. The Labute approximate surface area is 188 Å². The molecule has 0 spiro atoms. The molecule has 2 aromatic carbocycles. The predicted octanol–water partition coefficient (Wildman–Crippen LogP) is 4.75. The Morgan fingerprint density at radius 2 is 1.59 bits per heavy atom. The van der Waals surface area contributed by atoms with Crippen LogP contribution in [0.15, 0.2) is 56.3 Å². The highest BCUT2D eigenvalue weighted by molar-refractivity contribution is 9.11. The van der Waals surface area contributed by atoms with Crippen molar-refractivity contribution in [2.75, 3.05) is 13.6 Å². The summed E-state index contributed by atoms with van der Waals surface area (Å²) in [6.45, 7) is 5.15. The van der Waals surface area contributed by atoms with Crippen molar-refractivity contribution in [2.24, 2.45) is 0 Å². The van der Waals surface area contributed by atoms with Crippen molar-refractivity contribution in [3.63, 3.8) is 0 Å². The molecular formula is C20H23Br2NO5S. The van der Waals surface area contributed by atoms with Gasteiger partial charge in [0.05, 0.1) is 4.90 Å². The lowest BCUT2D eigenvalue weighted by Crippen LogP contribution is -2.36. The minimum absolute atomic E-state index is 0.0705. The van der Waals surface area contributed by atoms with Crippen LogP contribution in [-0.4, -0.2) is 37.9 Å². The number of carbonyl (C=O) groups excluding carboxylic acids is 1. The van der Waals surface area contributed by atoms with E-state index >= 15 is 0 Å². The van der Waals surface area contributed by atoms with Crippen molar-refractivity contribution in [2.45, 2.75) is 37.9 Å². The molecule has 0 aromatic heterocycles. The molecule has 0 N–H and O–H groups in total. The Kier molecular flexibility index (Phi) is 7.89. The SMILES string of the molecule is CN(CC(=O)OC(C)(C)C)S(=O)(=O)c1ccc(OCc2cc(Br)cc(Br)c2)cc1. The van der Waals surface area contributed by atoms with Crippen molar-refractivity contribution in [3.8, 4) is 5.75 Å². The molecule has 0 amide bonds. The monoisotopic (exact) mass is 547 g/mol. The normalized spacial score (nSPS) is 12.1. The van der Waals surface area contributed by atoms with Crippen molar-refractivity contribution in [1.29, 1.82) is 0 Å². The molecule has 0 saturated heterocycles. The Hall–Kier alpha value is -1.42. The Balaban J connectivity index is 2.03. The van der Waals surface area contributed by atoms with Gasteiger partial charge in [0.25, 0.3) is 0 Å². The summed E-state index contributed by atoms with van der Waals surface area (Å²) in [4.78, 5) is 12.0. The second-order valence-electron chi connectivity index (χ2n) is 7.39. The average molecular weight is 549 g/mol. The Morgan fingerprint density at radius 1 is 1.03 bits per heavy atom. The first-order chi connectivity index (χ1) is 13.4. The van der Waals surface area contributed by atoms with Crippen LogP contribution in [0, 0.1) is 0 Å². The van der Waals surface area contributed by atoms with Crippen LogP contribution >= 0.6 is 31.9 Å². The van der Waals surface area contributed by atoms with Crippen LogP contribution < -0.4 is 4.74 Å². The largest absolute Gasteiger partial charge is 0.489 e. The number of sulfonamides is 1. The maximum absolute atomic E-state index is 12.7. The predicted molar refractivity (Wildman–Crippen MR) is 118 cm³/mol. The lowest BCUT2D eigenvalue weighted by atomic mass is 10.2. The van der Waals surface area contributed by atoms with E-state index in [1.54, 1.807) is 32.9 Å². The summed E-state index contributed by atoms with van der Waals surface area (Å²) in [6.07, 6.45) is 0. The van der Waals surface area contributed by atoms with E-state index in [0.717, 1.165) is 18.8 Å². The van der Waals surface area contributed by atoms with Gasteiger partial charge in [0.15, 0.2) is 0 Å². The lowest BCUT2D eigenvalue weighted by molar-refractivity contribution is -0.154. The molecule has 0 unspecified atom stereocenters. The summed E-state index contributed by atoms with van der Waals surface area (Å²) < 4.78 is 39.1. The molecule has 2 aromatic rings. The molecule has 158 valence electrons. The summed E-state index contributed by atoms with van der Waals surface area (Å²) in [7, 11) is -2.48. The number of rotatable bonds is 7. The molecule has 0 aliphatic carbocycles. The summed E-state index contributed by atoms with van der Waals surface area (Å²) in [5.74, 6) is -0.0708. The Bertz CT molecular complexity index is 949. The van der Waals surface area contributed by atoms with Gasteiger partial charge in [-0.2, -0.15) is 4.31 Å². The number of ether oxygens (including phenoxy) is 2. The van der Waals surface area contributed by atoms with E-state index in [-0.39, 0.29) is 11.4 Å². The van der Waals surface area contributed by atoms with Crippen molar-refractivity contribution in [1.82, 2.24) is 4.31 Å². The van der Waals surface area contributed by atoms with Crippen LogP contribution in [0.2, 0.25) is 0 Å². The third kappa shape index (κ3) is 7.40. The van der Waals surface area contributed by atoms with Gasteiger partial charge in [0.2, 0.25) is 10.0 Å². The first-order valence-corrected chi connectivity index (χ1v) is 11.8. The van der Waals surface area contributed by atoms with Gasteiger partial charge in [0, 0.05) is 16.0 Å². The first kappa shape index (κ1) is 23.9. The summed E-state index contributed by atoms with van der Waals surface area (Å²) >= 11 is 6.85. The topological polar surface area (TPSA) is 72.9 Å². The van der Waals surface area contributed by atoms with Gasteiger partial charge in [-0.3, -0.25) is 4.79 Å². The number of hydrogen-bond donors (Lipinski definition) is 0. The van der Waals surface area contributed by atoms with Gasteiger partial charge in [0.1, 0.15) is 24.5 Å². The van der Waals surface area contributed by atoms with Crippen molar-refractivity contribution < 1.29 is 22.7 Å². The fourth-order valence-electron chi connectivity index (χ4n) is 2.39. The highest BCUT2D eigenvalue weighted by Crippen LogP contribution is 2.23. The van der Waals surface area contributed by atoms with E-state index in [0.29, 0.717) is 12.4 Å². The summed E-state index contributed by atoms with van der Waals surface area (Å²) in [5.41, 5.74) is 0.282. The van der Waals surface area contributed by atoms with Crippen molar-refractivity contribution in [3.05, 3.63) is 57.0 Å². The van der Waals surface area contributed by atoms with E-state index in [1.807, 2.05) is 18.2 Å². The molecule has 0 bridgehead atoms. The van der Waals surface area contributed by atoms with E-state index in [1.165, 1.54) is 19.2 Å². The van der Waals surface area contributed by atoms with Gasteiger partial charge < -0.3 is 9.47 Å². The number of halogens is 2. The molecule has 0 fully saturated rings. The zero-order valence-electron chi connectivity index (χ0n) is 16.6. The third-order valence-corrected chi connectivity index (χ3v) is 6.36. The van der Waals surface area contributed by atoms with Gasteiger partial charge >= 0.3 is 5.97 Å². The van der Waals surface area contributed by atoms with Crippen LogP contribution in [-0.2, 0) is 26.2 Å². The van der Waals surface area contributed by atoms with Gasteiger partial charge in [-0.05, 0) is 68.8 Å². The number of carbonyl (C=O) groups is 1. The molecule has 0 atom stereocenters. The maximum atomic E-state index is 12.7. The molecule has 0 radical (unpaired) electrons. The van der Waals surface area contributed by atoms with E-state index < -0.39 is 21.6 Å². The minimum Gasteiger partial charge on any atom is -0.489 e. The number of likely N-dealkylation sites (N-methyl/N-ethyl adjacent to an activating group) is 1. The molecular weight excluding hydrogens is 526 g/mol. The van der Waals surface area contributed by atoms with E-state index in [9.17, 15) is 13.2 Å². The van der Waals surface area contributed by atoms with Crippen LogP contribution in [0.1, 0.15) is 26.3 Å². The smallest absolute Gasteiger partial charge is 0.321 e. The standard InChI is InChI=1S/C20H23Br2NO5S/c1-20(2,3)28-19(24)12-23(4)29(25,26)18-7-5-17(6-8-18)27-13-14-9-15(21)11-16(22)10-14/h5-11H,12-13H2,1-4H3. The second-order valence-corrected chi connectivity index (χ2v) is 11.3. The summed E-state index contributed by atoms with van der Waals surface area (Å²) in [5, 5.41) is 0. The quantitative estimate of drug-likeness (QED) is 0.467. The molecule has 2 rings (SSSR count). The minimum atomic E-state index is -3.82. The molecule has 6 nitrogen and oxygen atoms in total.